The maximum absolute atomic E-state index is 11.0. The fourth-order valence-corrected chi connectivity index (χ4v) is 0.440. The van der Waals surface area contributed by atoms with Gasteiger partial charge in [0.15, 0.2) is 0 Å². The van der Waals surface area contributed by atoms with Crippen molar-refractivity contribution >= 4 is 5.97 Å². The lowest BCUT2D eigenvalue weighted by molar-refractivity contribution is -0.154. The predicted molar refractivity (Wildman–Crippen MR) is 41.9 cm³/mol. The van der Waals surface area contributed by atoms with Crippen molar-refractivity contribution in [3.05, 3.63) is 11.4 Å². The van der Waals surface area contributed by atoms with E-state index in [1.165, 1.54) is 6.92 Å². The van der Waals surface area contributed by atoms with Crippen LogP contribution in [0.1, 0.15) is 27.7 Å². The van der Waals surface area contributed by atoms with Crippen molar-refractivity contribution in [2.45, 2.75) is 39.3 Å². The number of carbonyl (C=O) groups is 1. The van der Waals surface area contributed by atoms with Gasteiger partial charge in [0.05, 0.1) is 0 Å². The third-order valence-electron chi connectivity index (χ3n) is 0.942. The Labute approximate surface area is 67.2 Å². The number of carbonyl (C=O) groups excluding carboxylic acids is 1. The lowest BCUT2D eigenvalue weighted by Crippen LogP contribution is -2.28. The fourth-order valence-electron chi connectivity index (χ4n) is 0.440. The highest BCUT2D eigenvalue weighted by atomic mass is 16.6. The molecule has 1 atom stereocenters. The van der Waals surface area contributed by atoms with Crippen LogP contribution in [0.15, 0.2) is 0 Å². The van der Waals surface area contributed by atoms with Gasteiger partial charge in [-0.05, 0) is 20.8 Å². The first kappa shape index (κ1) is 9.96. The zero-order valence-electron chi connectivity index (χ0n) is 7.34. The molecule has 0 saturated carbocycles. The molecule has 62 valence electrons. The lowest BCUT2D eigenvalue weighted by Gasteiger charge is -2.18. The number of esters is 1. The topological polar surface area (TPSA) is 30.7 Å². The van der Waals surface area contributed by atoms with E-state index in [1.54, 1.807) is 20.8 Å². The summed E-state index contributed by atoms with van der Waals surface area (Å²) >= 11 is 0. The molecule has 0 unspecified atom stereocenters. The largest absolute Gasteiger partial charge is 0.454 e. The van der Waals surface area contributed by atoms with Crippen molar-refractivity contribution in [3.63, 3.8) is 0 Å². The molecule has 0 aliphatic heterocycles. The highest BCUT2D eigenvalue weighted by Gasteiger charge is 2.24. The molecule has 0 aliphatic carbocycles. The molecule has 0 aliphatic rings. The molecule has 0 aromatic carbocycles. The molecule has 0 radical (unpaired) electrons. The van der Waals surface area contributed by atoms with E-state index in [0.29, 0.717) is 0 Å². The lowest BCUT2D eigenvalue weighted by atomic mass is 10.2. The average Bonchev–Trinajstić information content (AvgIpc) is 1.82. The second-order valence-corrected chi connectivity index (χ2v) is 3.34. The van der Waals surface area contributed by atoms with Gasteiger partial charge in [-0.3, -0.25) is 0 Å². The molecule has 0 heterocycles. The maximum atomic E-state index is 11.0. The van der Waals surface area contributed by atoms with Crippen molar-refractivity contribution in [2.24, 2.45) is 0 Å². The number of nitrogens with zero attached hydrogens (tertiary/aromatic N) is 1. The van der Waals surface area contributed by atoms with Crippen LogP contribution < -0.4 is 0 Å². The van der Waals surface area contributed by atoms with E-state index >= 15 is 0 Å². The van der Waals surface area contributed by atoms with E-state index < -0.39 is 17.6 Å². The van der Waals surface area contributed by atoms with Crippen molar-refractivity contribution in [1.82, 2.24) is 0 Å². The molecule has 11 heavy (non-hydrogen) atoms. The summed E-state index contributed by atoms with van der Waals surface area (Å²) in [6.45, 7) is 13.4. The van der Waals surface area contributed by atoms with Crippen LogP contribution in [0.3, 0.4) is 0 Å². The monoisotopic (exact) mass is 155 g/mol. The Morgan fingerprint density at radius 3 is 2.27 bits per heavy atom. The number of hydrogen-bond acceptors (Lipinski definition) is 2. The maximum Gasteiger partial charge on any atom is 0.390 e. The zero-order valence-corrected chi connectivity index (χ0v) is 7.34. The zero-order chi connectivity index (χ0) is 9.07. The molecular formula is C8H13NO2. The molecule has 0 aromatic rings. The van der Waals surface area contributed by atoms with Gasteiger partial charge < -0.3 is 9.58 Å². The van der Waals surface area contributed by atoms with Crippen LogP contribution in [-0.2, 0) is 9.53 Å². The van der Waals surface area contributed by atoms with E-state index in [1.807, 2.05) is 0 Å². The third-order valence-corrected chi connectivity index (χ3v) is 0.942. The molecule has 0 aromatic heterocycles. The first-order chi connectivity index (χ1) is 4.87. The minimum Gasteiger partial charge on any atom is -0.454 e. The summed E-state index contributed by atoms with van der Waals surface area (Å²) in [5.74, 6) is -0.451. The summed E-state index contributed by atoms with van der Waals surface area (Å²) in [6.07, 6.45) is 0. The molecular weight excluding hydrogens is 142 g/mol. The molecule has 0 N–H and O–H groups in total. The van der Waals surface area contributed by atoms with Gasteiger partial charge in [0.2, 0.25) is 0 Å². The first-order valence-corrected chi connectivity index (χ1v) is 3.46. The van der Waals surface area contributed by atoms with Crippen molar-refractivity contribution in [1.29, 1.82) is 0 Å². The smallest absolute Gasteiger partial charge is 0.390 e. The summed E-state index contributed by atoms with van der Waals surface area (Å²) in [5.41, 5.74) is -0.490. The predicted octanol–water partition coefficient (Wildman–Crippen LogP) is 1.64. The molecule has 3 heteroatoms. The Bertz CT molecular complexity index is 185. The summed E-state index contributed by atoms with van der Waals surface area (Å²) in [5, 5.41) is 0. The third kappa shape index (κ3) is 4.38. The minimum atomic E-state index is -0.686. The van der Waals surface area contributed by atoms with Gasteiger partial charge >= 0.3 is 12.0 Å². The van der Waals surface area contributed by atoms with E-state index in [9.17, 15) is 4.79 Å². The van der Waals surface area contributed by atoms with Crippen molar-refractivity contribution in [3.8, 4) is 0 Å². The van der Waals surface area contributed by atoms with Crippen LogP contribution in [0, 0.1) is 6.57 Å². The van der Waals surface area contributed by atoms with Gasteiger partial charge in [0.25, 0.3) is 0 Å². The standard InChI is InChI=1S/C8H13NO2/c1-6(9-5)7(10)11-8(2,3)4/h6H,1-4H3/t6-/m0/s1. The molecule has 0 bridgehead atoms. The SMILES string of the molecule is [C-]#[N+][C@@H](C)C(=O)OC(C)(C)C. The normalized spacial score (nSPS) is 13.4. The first-order valence-electron chi connectivity index (χ1n) is 3.46. The van der Waals surface area contributed by atoms with Gasteiger partial charge in [-0.2, -0.15) is 0 Å². The summed E-state index contributed by atoms with van der Waals surface area (Å²) in [6, 6.07) is -0.686. The second-order valence-electron chi connectivity index (χ2n) is 3.34. The number of hydrogen-bond donors (Lipinski definition) is 0. The highest BCUT2D eigenvalue weighted by molar-refractivity contribution is 5.77. The van der Waals surface area contributed by atoms with Gasteiger partial charge in [0, 0.05) is 6.92 Å². The summed E-state index contributed by atoms with van der Waals surface area (Å²) in [4.78, 5) is 14.0. The second kappa shape index (κ2) is 3.38. The summed E-state index contributed by atoms with van der Waals surface area (Å²) in [7, 11) is 0. The quantitative estimate of drug-likeness (QED) is 0.425. The number of rotatable bonds is 1. The Balaban J connectivity index is 4.01. The van der Waals surface area contributed by atoms with Crippen molar-refractivity contribution in [2.75, 3.05) is 0 Å². The van der Waals surface area contributed by atoms with Gasteiger partial charge in [-0.1, -0.05) is 0 Å². The van der Waals surface area contributed by atoms with E-state index in [0.717, 1.165) is 0 Å². The van der Waals surface area contributed by atoms with Crippen molar-refractivity contribution < 1.29 is 9.53 Å². The van der Waals surface area contributed by atoms with Gasteiger partial charge in [-0.15, -0.1) is 0 Å². The molecule has 3 nitrogen and oxygen atoms in total. The Morgan fingerprint density at radius 1 is 1.55 bits per heavy atom. The fraction of sp³-hybridized carbons (Fsp3) is 0.750. The van der Waals surface area contributed by atoms with Crippen LogP contribution in [0.25, 0.3) is 4.85 Å². The van der Waals surface area contributed by atoms with E-state index in [-0.39, 0.29) is 0 Å². The molecule has 0 amide bonds. The Kier molecular flexibility index (Phi) is 3.06. The van der Waals surface area contributed by atoms with Crippen LogP contribution in [-0.4, -0.2) is 17.6 Å². The molecule has 0 spiro atoms. The van der Waals surface area contributed by atoms with Crippen LogP contribution in [0.4, 0.5) is 0 Å². The van der Waals surface area contributed by atoms with Crippen LogP contribution in [0.5, 0.6) is 0 Å². The Morgan fingerprint density at radius 2 is 2.00 bits per heavy atom. The molecule has 0 saturated heterocycles. The highest BCUT2D eigenvalue weighted by Crippen LogP contribution is 2.09. The Hall–Kier alpha value is -1.04. The molecule has 0 rings (SSSR count). The van der Waals surface area contributed by atoms with Crippen LogP contribution >= 0.6 is 0 Å². The molecule has 0 fully saturated rings. The van der Waals surface area contributed by atoms with Gasteiger partial charge in [-0.25, -0.2) is 11.4 Å². The van der Waals surface area contributed by atoms with Gasteiger partial charge in [0.1, 0.15) is 5.60 Å². The summed E-state index contributed by atoms with van der Waals surface area (Å²) < 4.78 is 4.94. The van der Waals surface area contributed by atoms with Crippen LogP contribution in [0.2, 0.25) is 0 Å². The van der Waals surface area contributed by atoms with E-state index in [4.69, 9.17) is 11.3 Å². The van der Waals surface area contributed by atoms with E-state index in [2.05, 4.69) is 4.85 Å². The minimum absolute atomic E-state index is 0.451. The average molecular weight is 155 g/mol. The number of ether oxygens (including phenoxy) is 1.